The Morgan fingerprint density at radius 1 is 1.07 bits per heavy atom. The van der Waals surface area contributed by atoms with Crippen molar-refractivity contribution in [2.24, 2.45) is 0 Å². The lowest BCUT2D eigenvalue weighted by Gasteiger charge is -2.16. The first-order chi connectivity index (χ1) is 14.7. The third-order valence-electron chi connectivity index (χ3n) is 6.13. The van der Waals surface area contributed by atoms with Gasteiger partial charge in [-0.15, -0.1) is 0 Å². The third kappa shape index (κ3) is 3.64. The van der Waals surface area contributed by atoms with E-state index in [0.29, 0.717) is 12.1 Å². The summed E-state index contributed by atoms with van der Waals surface area (Å²) < 4.78 is 2.20. The van der Waals surface area contributed by atoms with Crippen LogP contribution in [0.25, 0.3) is 11.2 Å². The Balaban J connectivity index is 1.34. The van der Waals surface area contributed by atoms with Crippen molar-refractivity contribution < 1.29 is 4.79 Å². The number of rotatable bonds is 4. The molecule has 0 atom stereocenters. The maximum atomic E-state index is 13.0. The van der Waals surface area contributed by atoms with Crippen molar-refractivity contribution in [1.82, 2.24) is 24.8 Å². The first-order valence-electron chi connectivity index (χ1n) is 11.0. The van der Waals surface area contributed by atoms with E-state index in [1.807, 2.05) is 31.3 Å². The Morgan fingerprint density at radius 2 is 1.90 bits per heavy atom. The minimum Gasteiger partial charge on any atom is -0.357 e. The van der Waals surface area contributed by atoms with E-state index in [2.05, 4.69) is 19.8 Å². The standard InChI is InChI=1S/C23H28N6O/c1-16-13-18(21-22(26-16)29-12-4-2-3-7-20(29)27-21)23(30)25-15-17-8-9-19(24-14-17)28-10-5-6-11-28/h8-9,13-14H,2-7,10-12,15H2,1H3,(H,25,30). The molecule has 30 heavy (non-hydrogen) atoms. The minimum absolute atomic E-state index is 0.109. The number of anilines is 1. The summed E-state index contributed by atoms with van der Waals surface area (Å²) >= 11 is 0. The molecule has 0 aliphatic carbocycles. The molecule has 1 saturated heterocycles. The Bertz CT molecular complexity index is 1070. The van der Waals surface area contributed by atoms with Crippen molar-refractivity contribution in [3.63, 3.8) is 0 Å². The molecule has 1 N–H and O–H groups in total. The highest BCUT2D eigenvalue weighted by Crippen LogP contribution is 2.24. The van der Waals surface area contributed by atoms with Gasteiger partial charge in [0.1, 0.15) is 17.2 Å². The Morgan fingerprint density at radius 3 is 2.70 bits per heavy atom. The number of amides is 1. The van der Waals surface area contributed by atoms with Crippen LogP contribution in [0.2, 0.25) is 0 Å². The summed E-state index contributed by atoms with van der Waals surface area (Å²) in [4.78, 5) is 29.4. The second kappa shape index (κ2) is 8.05. The molecule has 0 radical (unpaired) electrons. The van der Waals surface area contributed by atoms with Crippen LogP contribution >= 0.6 is 0 Å². The van der Waals surface area contributed by atoms with Crippen molar-refractivity contribution in [2.45, 2.75) is 58.5 Å². The monoisotopic (exact) mass is 404 g/mol. The number of hydrogen-bond donors (Lipinski definition) is 1. The van der Waals surface area contributed by atoms with Crippen molar-refractivity contribution in [1.29, 1.82) is 0 Å². The van der Waals surface area contributed by atoms with Gasteiger partial charge >= 0.3 is 0 Å². The van der Waals surface area contributed by atoms with E-state index in [4.69, 9.17) is 9.97 Å². The van der Waals surface area contributed by atoms with Crippen LogP contribution in [-0.2, 0) is 19.5 Å². The number of carbonyl (C=O) groups excluding carboxylic acids is 1. The Labute approximate surface area is 176 Å². The van der Waals surface area contributed by atoms with Crippen LogP contribution in [0.1, 0.15) is 59.5 Å². The Hall–Kier alpha value is -2.96. The van der Waals surface area contributed by atoms with Crippen molar-refractivity contribution >= 4 is 22.9 Å². The number of fused-ring (bicyclic) bond motifs is 3. The molecule has 5 heterocycles. The van der Waals surface area contributed by atoms with Gasteiger partial charge in [-0.05, 0) is 50.3 Å². The van der Waals surface area contributed by atoms with Gasteiger partial charge in [-0.1, -0.05) is 12.5 Å². The van der Waals surface area contributed by atoms with Gasteiger partial charge in [0.05, 0.1) is 5.56 Å². The van der Waals surface area contributed by atoms with Gasteiger partial charge in [-0.3, -0.25) is 4.79 Å². The predicted octanol–water partition coefficient (Wildman–Crippen LogP) is 3.39. The zero-order valence-electron chi connectivity index (χ0n) is 17.5. The molecule has 7 nitrogen and oxygen atoms in total. The molecular weight excluding hydrogens is 376 g/mol. The molecule has 1 amide bonds. The van der Waals surface area contributed by atoms with E-state index in [1.165, 1.54) is 19.3 Å². The second-order valence-electron chi connectivity index (χ2n) is 8.38. The number of nitrogens with one attached hydrogen (secondary N) is 1. The van der Waals surface area contributed by atoms with Crippen LogP contribution < -0.4 is 10.2 Å². The lowest BCUT2D eigenvalue weighted by molar-refractivity contribution is 0.0952. The number of nitrogens with zero attached hydrogens (tertiary/aromatic N) is 5. The number of aromatic nitrogens is 4. The van der Waals surface area contributed by atoms with Crippen molar-refractivity contribution in [3.8, 4) is 0 Å². The summed E-state index contributed by atoms with van der Waals surface area (Å²) in [7, 11) is 0. The molecule has 0 aromatic carbocycles. The van der Waals surface area contributed by atoms with Crippen LogP contribution in [0, 0.1) is 6.92 Å². The van der Waals surface area contributed by atoms with Crippen molar-refractivity contribution in [3.05, 3.63) is 47.0 Å². The molecule has 3 aromatic heterocycles. The summed E-state index contributed by atoms with van der Waals surface area (Å²) in [5.41, 5.74) is 4.01. The molecule has 0 spiro atoms. The summed E-state index contributed by atoms with van der Waals surface area (Å²) in [6.45, 7) is 5.47. The predicted molar refractivity (Wildman–Crippen MR) is 117 cm³/mol. The smallest absolute Gasteiger partial charge is 0.253 e. The average Bonchev–Trinajstić information content (AvgIpc) is 3.35. The molecular formula is C23H28N6O. The number of hydrogen-bond acceptors (Lipinski definition) is 5. The molecule has 3 aromatic rings. The van der Waals surface area contributed by atoms with E-state index in [0.717, 1.165) is 73.0 Å². The summed E-state index contributed by atoms with van der Waals surface area (Å²) in [6.07, 6.45) is 8.77. The fraction of sp³-hybridized carbons (Fsp3) is 0.478. The fourth-order valence-electron chi connectivity index (χ4n) is 4.52. The van der Waals surface area contributed by atoms with E-state index in [1.54, 1.807) is 0 Å². The van der Waals surface area contributed by atoms with E-state index in [9.17, 15) is 4.79 Å². The van der Waals surface area contributed by atoms with Gasteiger partial charge in [-0.2, -0.15) is 0 Å². The molecule has 7 heteroatoms. The number of imidazole rings is 1. The fourth-order valence-corrected chi connectivity index (χ4v) is 4.52. The lowest BCUT2D eigenvalue weighted by atomic mass is 10.1. The van der Waals surface area contributed by atoms with Gasteiger partial charge < -0.3 is 14.8 Å². The summed E-state index contributed by atoms with van der Waals surface area (Å²) in [6, 6.07) is 5.94. The largest absolute Gasteiger partial charge is 0.357 e. The van der Waals surface area contributed by atoms with Gasteiger partial charge in [0.25, 0.3) is 5.91 Å². The topological polar surface area (TPSA) is 75.9 Å². The molecule has 1 fully saturated rings. The van der Waals surface area contributed by atoms with Crippen LogP contribution in [0.15, 0.2) is 24.4 Å². The number of carbonyl (C=O) groups is 1. The first kappa shape index (κ1) is 19.0. The molecule has 0 bridgehead atoms. The van der Waals surface area contributed by atoms with Crippen LogP contribution in [0.3, 0.4) is 0 Å². The SMILES string of the molecule is Cc1cc(C(=O)NCc2ccc(N3CCCC3)nc2)c2nc3n(c2n1)CCCCC3. The highest BCUT2D eigenvalue weighted by atomic mass is 16.1. The normalized spacial score (nSPS) is 16.5. The Kier molecular flexibility index (Phi) is 5.11. The summed E-state index contributed by atoms with van der Waals surface area (Å²) in [5.74, 6) is 1.97. The number of pyridine rings is 2. The van der Waals surface area contributed by atoms with Gasteiger partial charge in [0.15, 0.2) is 5.65 Å². The zero-order valence-corrected chi connectivity index (χ0v) is 17.5. The number of aryl methyl sites for hydroxylation is 3. The maximum absolute atomic E-state index is 13.0. The van der Waals surface area contributed by atoms with Crippen molar-refractivity contribution in [2.75, 3.05) is 18.0 Å². The van der Waals surface area contributed by atoms with Gasteiger partial charge in [0.2, 0.25) is 0 Å². The van der Waals surface area contributed by atoms with E-state index in [-0.39, 0.29) is 5.91 Å². The first-order valence-corrected chi connectivity index (χ1v) is 11.0. The van der Waals surface area contributed by atoms with Gasteiger partial charge in [0, 0.05) is 44.5 Å². The third-order valence-corrected chi connectivity index (χ3v) is 6.13. The van der Waals surface area contributed by atoms with Crippen LogP contribution in [0.4, 0.5) is 5.82 Å². The highest BCUT2D eigenvalue weighted by Gasteiger charge is 2.21. The van der Waals surface area contributed by atoms with E-state index >= 15 is 0 Å². The zero-order chi connectivity index (χ0) is 20.5. The molecule has 156 valence electrons. The maximum Gasteiger partial charge on any atom is 0.253 e. The molecule has 5 rings (SSSR count). The minimum atomic E-state index is -0.109. The molecule has 2 aliphatic rings. The highest BCUT2D eigenvalue weighted by molar-refractivity contribution is 6.04. The van der Waals surface area contributed by atoms with Crippen LogP contribution in [-0.4, -0.2) is 38.5 Å². The molecule has 0 unspecified atom stereocenters. The summed E-state index contributed by atoms with van der Waals surface area (Å²) in [5, 5.41) is 3.05. The average molecular weight is 405 g/mol. The quantitative estimate of drug-likeness (QED) is 0.721. The molecule has 0 saturated carbocycles. The second-order valence-corrected chi connectivity index (χ2v) is 8.38. The van der Waals surface area contributed by atoms with Crippen LogP contribution in [0.5, 0.6) is 0 Å². The van der Waals surface area contributed by atoms with E-state index < -0.39 is 0 Å². The van der Waals surface area contributed by atoms with Gasteiger partial charge in [-0.25, -0.2) is 15.0 Å². The lowest BCUT2D eigenvalue weighted by Crippen LogP contribution is -2.24. The molecule has 2 aliphatic heterocycles.